The number of amides is 2. The molecule has 1 aliphatic rings. The molecule has 19 heavy (non-hydrogen) atoms. The summed E-state index contributed by atoms with van der Waals surface area (Å²) in [6, 6.07) is 0. The van der Waals surface area contributed by atoms with Crippen LogP contribution in [0.25, 0.3) is 0 Å². The number of hydrogen-bond acceptors (Lipinski definition) is 4. The average molecular weight is 272 g/mol. The van der Waals surface area contributed by atoms with Crippen LogP contribution in [0.4, 0.5) is 0 Å². The van der Waals surface area contributed by atoms with Gasteiger partial charge < -0.3 is 20.1 Å². The molecular formula is C13H24N2O4. The van der Waals surface area contributed by atoms with Gasteiger partial charge in [-0.05, 0) is 19.3 Å². The number of aliphatic hydroxyl groups is 1. The zero-order chi connectivity index (χ0) is 13.9. The Balaban J connectivity index is 2.10. The van der Waals surface area contributed by atoms with E-state index in [0.717, 1.165) is 19.3 Å². The van der Waals surface area contributed by atoms with E-state index < -0.39 is 0 Å². The van der Waals surface area contributed by atoms with Gasteiger partial charge in [-0.25, -0.2) is 0 Å². The van der Waals surface area contributed by atoms with Gasteiger partial charge in [-0.15, -0.1) is 0 Å². The fourth-order valence-corrected chi connectivity index (χ4v) is 2.00. The first-order valence-corrected chi connectivity index (χ1v) is 6.97. The molecule has 0 aromatic carbocycles. The standard InChI is InChI=1S/C13H24N2O4/c16-8-10-19-9-4-6-14-12(17)11-15-7-3-1-2-5-13(15)18/h16H,1-11H2,(H,14,17). The molecule has 1 rings (SSSR count). The predicted molar refractivity (Wildman–Crippen MR) is 70.6 cm³/mol. The molecule has 1 saturated heterocycles. The molecule has 0 aromatic rings. The number of rotatable bonds is 8. The minimum Gasteiger partial charge on any atom is -0.394 e. The van der Waals surface area contributed by atoms with E-state index in [4.69, 9.17) is 9.84 Å². The van der Waals surface area contributed by atoms with E-state index in [1.165, 1.54) is 0 Å². The third kappa shape index (κ3) is 7.12. The Labute approximate surface area is 114 Å². The summed E-state index contributed by atoms with van der Waals surface area (Å²) in [6.45, 7) is 2.25. The zero-order valence-electron chi connectivity index (χ0n) is 11.4. The van der Waals surface area contributed by atoms with E-state index in [1.807, 2.05) is 0 Å². The van der Waals surface area contributed by atoms with E-state index >= 15 is 0 Å². The van der Waals surface area contributed by atoms with E-state index in [0.29, 0.717) is 39.1 Å². The Morgan fingerprint density at radius 1 is 1.32 bits per heavy atom. The van der Waals surface area contributed by atoms with E-state index in [-0.39, 0.29) is 25.0 Å². The molecule has 0 atom stereocenters. The lowest BCUT2D eigenvalue weighted by molar-refractivity contribution is -0.135. The highest BCUT2D eigenvalue weighted by Crippen LogP contribution is 2.10. The van der Waals surface area contributed by atoms with Gasteiger partial charge in [0.05, 0.1) is 19.8 Å². The summed E-state index contributed by atoms with van der Waals surface area (Å²) in [5.41, 5.74) is 0. The SMILES string of the molecule is O=C(CN1CCCCCC1=O)NCCCOCCO. The lowest BCUT2D eigenvalue weighted by Crippen LogP contribution is -2.40. The fourth-order valence-electron chi connectivity index (χ4n) is 2.00. The van der Waals surface area contributed by atoms with Crippen LogP contribution in [-0.2, 0) is 14.3 Å². The largest absolute Gasteiger partial charge is 0.394 e. The first kappa shape index (κ1) is 15.9. The van der Waals surface area contributed by atoms with Crippen LogP contribution in [0.3, 0.4) is 0 Å². The van der Waals surface area contributed by atoms with E-state index in [2.05, 4.69) is 5.32 Å². The predicted octanol–water partition coefficient (Wildman–Crippen LogP) is -0.0958. The minimum atomic E-state index is -0.114. The molecule has 6 nitrogen and oxygen atoms in total. The van der Waals surface area contributed by atoms with Crippen LogP contribution < -0.4 is 5.32 Å². The number of nitrogens with zero attached hydrogens (tertiary/aromatic N) is 1. The van der Waals surface area contributed by atoms with Crippen molar-refractivity contribution in [2.75, 3.05) is 39.5 Å². The number of aliphatic hydroxyl groups excluding tert-OH is 1. The van der Waals surface area contributed by atoms with Gasteiger partial charge in [-0.3, -0.25) is 9.59 Å². The Morgan fingerprint density at radius 2 is 2.16 bits per heavy atom. The number of carbonyl (C=O) groups excluding carboxylic acids is 2. The topological polar surface area (TPSA) is 78.9 Å². The van der Waals surface area contributed by atoms with Crippen molar-refractivity contribution in [1.29, 1.82) is 0 Å². The van der Waals surface area contributed by atoms with Crippen LogP contribution in [0, 0.1) is 0 Å². The molecule has 2 N–H and O–H groups in total. The van der Waals surface area contributed by atoms with Crippen LogP contribution in [-0.4, -0.2) is 61.3 Å². The van der Waals surface area contributed by atoms with Crippen molar-refractivity contribution in [2.45, 2.75) is 32.1 Å². The van der Waals surface area contributed by atoms with Gasteiger partial charge in [0.25, 0.3) is 0 Å². The van der Waals surface area contributed by atoms with Crippen LogP contribution >= 0.6 is 0 Å². The fraction of sp³-hybridized carbons (Fsp3) is 0.846. The molecule has 1 fully saturated rings. The molecule has 0 aromatic heterocycles. The number of nitrogens with one attached hydrogen (secondary N) is 1. The Hall–Kier alpha value is -1.14. The van der Waals surface area contributed by atoms with E-state index in [9.17, 15) is 9.59 Å². The van der Waals surface area contributed by atoms with Gasteiger partial charge in [0.15, 0.2) is 0 Å². The smallest absolute Gasteiger partial charge is 0.239 e. The second-order valence-corrected chi connectivity index (χ2v) is 4.67. The quantitative estimate of drug-likeness (QED) is 0.605. The van der Waals surface area contributed by atoms with Gasteiger partial charge in [-0.2, -0.15) is 0 Å². The van der Waals surface area contributed by atoms with Crippen molar-refractivity contribution in [3.05, 3.63) is 0 Å². The highest BCUT2D eigenvalue weighted by atomic mass is 16.5. The number of carbonyl (C=O) groups is 2. The maximum absolute atomic E-state index is 11.7. The highest BCUT2D eigenvalue weighted by molar-refractivity contribution is 5.84. The Bertz CT molecular complexity index is 284. The monoisotopic (exact) mass is 272 g/mol. The Kier molecular flexibility index (Phi) is 8.16. The second kappa shape index (κ2) is 9.75. The summed E-state index contributed by atoms with van der Waals surface area (Å²) in [5, 5.41) is 11.3. The van der Waals surface area contributed by atoms with Gasteiger partial charge in [-0.1, -0.05) is 6.42 Å². The normalized spacial score (nSPS) is 16.3. The third-order valence-corrected chi connectivity index (χ3v) is 3.03. The molecular weight excluding hydrogens is 248 g/mol. The first-order chi connectivity index (χ1) is 9.24. The summed E-state index contributed by atoms with van der Waals surface area (Å²) >= 11 is 0. The molecule has 0 unspecified atom stereocenters. The van der Waals surface area contributed by atoms with Gasteiger partial charge in [0, 0.05) is 26.1 Å². The summed E-state index contributed by atoms with van der Waals surface area (Å²) in [6.07, 6.45) is 4.24. The Morgan fingerprint density at radius 3 is 2.95 bits per heavy atom. The van der Waals surface area contributed by atoms with Crippen LogP contribution in [0.15, 0.2) is 0 Å². The van der Waals surface area contributed by atoms with Crippen molar-refractivity contribution in [3.63, 3.8) is 0 Å². The first-order valence-electron chi connectivity index (χ1n) is 6.97. The highest BCUT2D eigenvalue weighted by Gasteiger charge is 2.18. The van der Waals surface area contributed by atoms with Crippen LogP contribution in [0.1, 0.15) is 32.1 Å². The van der Waals surface area contributed by atoms with Gasteiger partial charge in [0.1, 0.15) is 0 Å². The second-order valence-electron chi connectivity index (χ2n) is 4.67. The van der Waals surface area contributed by atoms with E-state index in [1.54, 1.807) is 4.90 Å². The van der Waals surface area contributed by atoms with Gasteiger partial charge >= 0.3 is 0 Å². The molecule has 1 aliphatic heterocycles. The molecule has 0 aliphatic carbocycles. The number of likely N-dealkylation sites (tertiary alicyclic amines) is 1. The number of ether oxygens (including phenoxy) is 1. The lowest BCUT2D eigenvalue weighted by atomic mass is 10.2. The van der Waals surface area contributed by atoms with Crippen molar-refractivity contribution >= 4 is 11.8 Å². The molecule has 0 radical (unpaired) electrons. The zero-order valence-corrected chi connectivity index (χ0v) is 11.4. The molecule has 1 heterocycles. The van der Waals surface area contributed by atoms with Gasteiger partial charge in [0.2, 0.25) is 11.8 Å². The molecule has 110 valence electrons. The molecule has 0 bridgehead atoms. The lowest BCUT2D eigenvalue weighted by Gasteiger charge is -2.19. The van der Waals surface area contributed by atoms with Crippen molar-refractivity contribution in [3.8, 4) is 0 Å². The molecule has 6 heteroatoms. The summed E-state index contributed by atoms with van der Waals surface area (Å²) in [4.78, 5) is 25.0. The average Bonchev–Trinajstić information content (AvgIpc) is 2.59. The third-order valence-electron chi connectivity index (χ3n) is 3.03. The number of hydrogen-bond donors (Lipinski definition) is 2. The molecule has 2 amide bonds. The maximum atomic E-state index is 11.7. The van der Waals surface area contributed by atoms with Crippen molar-refractivity contribution < 1.29 is 19.4 Å². The molecule has 0 saturated carbocycles. The summed E-state index contributed by atoms with van der Waals surface area (Å²) in [7, 11) is 0. The van der Waals surface area contributed by atoms with Crippen molar-refractivity contribution in [2.24, 2.45) is 0 Å². The maximum Gasteiger partial charge on any atom is 0.239 e. The molecule has 0 spiro atoms. The summed E-state index contributed by atoms with van der Waals surface area (Å²) in [5.74, 6) is -0.0312. The van der Waals surface area contributed by atoms with Crippen LogP contribution in [0.2, 0.25) is 0 Å². The summed E-state index contributed by atoms with van der Waals surface area (Å²) < 4.78 is 5.08. The minimum absolute atomic E-state index is 0.0173. The van der Waals surface area contributed by atoms with Crippen LogP contribution in [0.5, 0.6) is 0 Å². The van der Waals surface area contributed by atoms with Crippen molar-refractivity contribution in [1.82, 2.24) is 10.2 Å².